The van der Waals surface area contributed by atoms with Crippen molar-refractivity contribution < 1.29 is 9.59 Å². The molecule has 31 heavy (non-hydrogen) atoms. The van der Waals surface area contributed by atoms with Gasteiger partial charge in [-0.15, -0.1) is 0 Å². The fourth-order valence-corrected chi connectivity index (χ4v) is 4.45. The van der Waals surface area contributed by atoms with E-state index in [2.05, 4.69) is 24.4 Å². The smallest absolute Gasteiger partial charge is 0.243 e. The van der Waals surface area contributed by atoms with Crippen LogP contribution < -0.4 is 5.32 Å². The van der Waals surface area contributed by atoms with Gasteiger partial charge in [-0.1, -0.05) is 85.8 Å². The summed E-state index contributed by atoms with van der Waals surface area (Å²) >= 11 is 0. The quantitative estimate of drug-likeness (QED) is 0.646. The van der Waals surface area contributed by atoms with Crippen molar-refractivity contribution in [3.8, 4) is 0 Å². The molecule has 0 heterocycles. The molecule has 2 aromatic rings. The molecule has 0 spiro atoms. The Bertz CT molecular complexity index is 869. The van der Waals surface area contributed by atoms with Crippen molar-refractivity contribution in [2.24, 2.45) is 0 Å². The van der Waals surface area contributed by atoms with Crippen LogP contribution in [0, 0.1) is 13.8 Å². The minimum Gasteiger partial charge on any atom is -0.352 e. The van der Waals surface area contributed by atoms with Gasteiger partial charge in [0.2, 0.25) is 11.8 Å². The third kappa shape index (κ3) is 6.68. The van der Waals surface area contributed by atoms with E-state index in [0.717, 1.165) is 29.5 Å². The molecule has 2 aromatic carbocycles. The summed E-state index contributed by atoms with van der Waals surface area (Å²) in [6, 6.07) is 16.0. The van der Waals surface area contributed by atoms with Crippen LogP contribution >= 0.6 is 0 Å². The zero-order valence-corrected chi connectivity index (χ0v) is 19.2. The lowest BCUT2D eigenvalue weighted by Gasteiger charge is -2.33. The fourth-order valence-electron chi connectivity index (χ4n) is 4.45. The Balaban J connectivity index is 1.80. The molecule has 1 atom stereocenters. The first-order valence-electron chi connectivity index (χ1n) is 11.7. The molecular weight excluding hydrogens is 384 g/mol. The number of amides is 2. The van der Waals surface area contributed by atoms with Crippen LogP contribution in [0.4, 0.5) is 0 Å². The monoisotopic (exact) mass is 420 g/mol. The number of nitrogens with zero attached hydrogens (tertiary/aromatic N) is 1. The van der Waals surface area contributed by atoms with Crippen LogP contribution in [0.1, 0.15) is 67.7 Å². The Morgan fingerprint density at radius 1 is 0.968 bits per heavy atom. The van der Waals surface area contributed by atoms with Gasteiger partial charge in [0, 0.05) is 12.6 Å². The van der Waals surface area contributed by atoms with Gasteiger partial charge in [0.25, 0.3) is 0 Å². The maximum atomic E-state index is 13.4. The van der Waals surface area contributed by atoms with Gasteiger partial charge in [-0.25, -0.2) is 0 Å². The lowest BCUT2D eigenvalue weighted by Crippen LogP contribution is -2.51. The van der Waals surface area contributed by atoms with Crippen molar-refractivity contribution in [1.29, 1.82) is 0 Å². The van der Waals surface area contributed by atoms with Crippen LogP contribution in [-0.2, 0) is 22.6 Å². The highest BCUT2D eigenvalue weighted by atomic mass is 16.2. The first-order valence-corrected chi connectivity index (χ1v) is 11.7. The second-order valence-electron chi connectivity index (χ2n) is 8.94. The number of rotatable bonds is 8. The molecule has 166 valence electrons. The normalized spacial score (nSPS) is 15.3. The zero-order valence-electron chi connectivity index (χ0n) is 19.2. The molecule has 0 radical (unpaired) electrons. The molecule has 1 saturated carbocycles. The van der Waals surface area contributed by atoms with Crippen molar-refractivity contribution in [3.63, 3.8) is 0 Å². The average molecular weight is 421 g/mol. The minimum absolute atomic E-state index is 0.00295. The Hall–Kier alpha value is -2.62. The summed E-state index contributed by atoms with van der Waals surface area (Å²) in [5.74, 6) is -0.0177. The maximum Gasteiger partial charge on any atom is 0.243 e. The van der Waals surface area contributed by atoms with Gasteiger partial charge in [0.05, 0.1) is 6.42 Å². The van der Waals surface area contributed by atoms with E-state index in [1.54, 1.807) is 4.90 Å². The number of benzene rings is 2. The van der Waals surface area contributed by atoms with Crippen LogP contribution in [0.2, 0.25) is 0 Å². The summed E-state index contributed by atoms with van der Waals surface area (Å²) in [5, 5.41) is 3.24. The highest BCUT2D eigenvalue weighted by Crippen LogP contribution is 2.20. The highest BCUT2D eigenvalue weighted by Gasteiger charge is 2.30. The predicted molar refractivity (Wildman–Crippen MR) is 126 cm³/mol. The molecule has 1 unspecified atom stereocenters. The van der Waals surface area contributed by atoms with E-state index >= 15 is 0 Å². The molecule has 3 rings (SSSR count). The average Bonchev–Trinajstić information content (AvgIpc) is 2.75. The fraction of sp³-hybridized carbons (Fsp3) is 0.481. The maximum absolute atomic E-state index is 13.4. The SMILES string of the molecule is CCC(C(=O)NC1CCCCC1)N(Cc1ccc(C)cc1)C(=O)Cc1cccc(C)c1. The predicted octanol–water partition coefficient (Wildman–Crippen LogP) is 5.10. The molecule has 2 amide bonds. The molecule has 0 bridgehead atoms. The summed E-state index contributed by atoms with van der Waals surface area (Å²) in [7, 11) is 0. The van der Waals surface area contributed by atoms with Crippen molar-refractivity contribution >= 4 is 11.8 Å². The summed E-state index contributed by atoms with van der Waals surface area (Å²) in [6.07, 6.45) is 6.57. The number of nitrogens with one attached hydrogen (secondary N) is 1. The topological polar surface area (TPSA) is 49.4 Å². The molecule has 1 fully saturated rings. The van der Waals surface area contributed by atoms with Gasteiger partial charge < -0.3 is 10.2 Å². The van der Waals surface area contributed by atoms with Crippen molar-refractivity contribution in [2.45, 2.75) is 84.3 Å². The Kier molecular flexibility index (Phi) is 8.27. The van der Waals surface area contributed by atoms with Crippen molar-refractivity contribution in [2.75, 3.05) is 0 Å². The molecule has 0 aromatic heterocycles. The van der Waals surface area contributed by atoms with Crippen molar-refractivity contribution in [1.82, 2.24) is 10.2 Å². The Labute approximate surface area is 187 Å². The number of carbonyl (C=O) groups is 2. The Morgan fingerprint density at radius 3 is 2.32 bits per heavy atom. The van der Waals surface area contributed by atoms with Crippen LogP contribution in [0.15, 0.2) is 48.5 Å². The third-order valence-corrected chi connectivity index (χ3v) is 6.25. The summed E-state index contributed by atoms with van der Waals surface area (Å²) in [5.41, 5.74) is 4.36. The van der Waals surface area contributed by atoms with Crippen molar-refractivity contribution in [3.05, 3.63) is 70.8 Å². The van der Waals surface area contributed by atoms with Gasteiger partial charge in [-0.3, -0.25) is 9.59 Å². The van der Waals surface area contributed by atoms with Crippen LogP contribution in [0.5, 0.6) is 0 Å². The van der Waals surface area contributed by atoms with E-state index in [1.165, 1.54) is 24.8 Å². The lowest BCUT2D eigenvalue weighted by molar-refractivity contribution is -0.141. The highest BCUT2D eigenvalue weighted by molar-refractivity contribution is 5.88. The number of carbonyl (C=O) groups excluding carboxylic acids is 2. The van der Waals surface area contributed by atoms with Gasteiger partial charge in [-0.05, 0) is 44.2 Å². The third-order valence-electron chi connectivity index (χ3n) is 6.25. The minimum atomic E-state index is -0.458. The van der Waals surface area contributed by atoms with Crippen LogP contribution in [-0.4, -0.2) is 28.8 Å². The molecular formula is C27H36N2O2. The van der Waals surface area contributed by atoms with E-state index in [-0.39, 0.29) is 17.9 Å². The van der Waals surface area contributed by atoms with Gasteiger partial charge in [0.1, 0.15) is 6.04 Å². The lowest BCUT2D eigenvalue weighted by atomic mass is 9.95. The van der Waals surface area contributed by atoms with Gasteiger partial charge in [-0.2, -0.15) is 0 Å². The second-order valence-corrected chi connectivity index (χ2v) is 8.94. The van der Waals surface area contributed by atoms with Gasteiger partial charge >= 0.3 is 0 Å². The van der Waals surface area contributed by atoms with E-state index in [1.807, 2.05) is 50.2 Å². The van der Waals surface area contributed by atoms with E-state index < -0.39 is 6.04 Å². The first kappa shape index (κ1) is 23.1. The molecule has 1 N–H and O–H groups in total. The second kappa shape index (κ2) is 11.1. The standard InChI is InChI=1S/C27H36N2O2/c1-4-25(27(31)28-24-11-6-5-7-12-24)29(19-22-15-13-20(2)14-16-22)26(30)18-23-10-8-9-21(3)17-23/h8-10,13-17,24-25H,4-7,11-12,18-19H2,1-3H3,(H,28,31). The van der Waals surface area contributed by atoms with Crippen LogP contribution in [0.3, 0.4) is 0 Å². The van der Waals surface area contributed by atoms with E-state index in [4.69, 9.17) is 0 Å². The number of hydrogen-bond acceptors (Lipinski definition) is 2. The molecule has 1 aliphatic carbocycles. The van der Waals surface area contributed by atoms with Gasteiger partial charge in [0.15, 0.2) is 0 Å². The Morgan fingerprint density at radius 2 is 1.68 bits per heavy atom. The largest absolute Gasteiger partial charge is 0.352 e. The molecule has 1 aliphatic rings. The molecule has 4 nitrogen and oxygen atoms in total. The first-order chi connectivity index (χ1) is 15.0. The van der Waals surface area contributed by atoms with Crippen LogP contribution in [0.25, 0.3) is 0 Å². The summed E-state index contributed by atoms with van der Waals surface area (Å²) in [4.78, 5) is 28.5. The van der Waals surface area contributed by atoms with E-state index in [9.17, 15) is 9.59 Å². The zero-order chi connectivity index (χ0) is 22.2. The number of hydrogen-bond donors (Lipinski definition) is 1. The summed E-state index contributed by atoms with van der Waals surface area (Å²) in [6.45, 7) is 6.52. The summed E-state index contributed by atoms with van der Waals surface area (Å²) < 4.78 is 0. The molecule has 4 heteroatoms. The molecule has 0 aliphatic heterocycles. The molecule has 0 saturated heterocycles. The number of aryl methyl sites for hydroxylation is 2. The van der Waals surface area contributed by atoms with E-state index in [0.29, 0.717) is 19.4 Å².